The van der Waals surface area contributed by atoms with Gasteiger partial charge in [0.05, 0.1) is 18.9 Å². The molecule has 16 heavy (non-hydrogen) atoms. The van der Waals surface area contributed by atoms with E-state index in [1.165, 1.54) is 0 Å². The quantitative estimate of drug-likeness (QED) is 0.762. The molecule has 88 valence electrons. The first-order valence-corrected chi connectivity index (χ1v) is 6.27. The lowest BCUT2D eigenvalue weighted by molar-refractivity contribution is 0.108. The average molecular weight is 241 g/mol. The van der Waals surface area contributed by atoms with Crippen LogP contribution in [-0.2, 0) is 17.8 Å². The lowest BCUT2D eigenvalue weighted by atomic mass is 10.0. The van der Waals surface area contributed by atoms with Crippen molar-refractivity contribution in [2.75, 3.05) is 6.61 Å². The van der Waals surface area contributed by atoms with Crippen LogP contribution in [0.25, 0.3) is 0 Å². The molecule has 1 aromatic rings. The standard InChI is InChI=1S/C12H17ClN2O/c1-3-8(4-2)12-14-10-5-6-16-7-9(10)11(13)15-12/h8H,3-7H2,1-2H3. The van der Waals surface area contributed by atoms with Crippen molar-refractivity contribution in [2.45, 2.75) is 45.6 Å². The van der Waals surface area contributed by atoms with Crippen molar-refractivity contribution in [1.82, 2.24) is 9.97 Å². The first-order chi connectivity index (χ1) is 7.76. The minimum Gasteiger partial charge on any atom is -0.376 e. The van der Waals surface area contributed by atoms with Gasteiger partial charge in [0, 0.05) is 17.9 Å². The highest BCUT2D eigenvalue weighted by Crippen LogP contribution is 2.26. The number of hydrogen-bond acceptors (Lipinski definition) is 3. The maximum atomic E-state index is 6.17. The fourth-order valence-corrected chi connectivity index (χ4v) is 2.30. The second kappa shape index (κ2) is 5.11. The van der Waals surface area contributed by atoms with E-state index < -0.39 is 0 Å². The van der Waals surface area contributed by atoms with E-state index in [2.05, 4.69) is 23.8 Å². The van der Waals surface area contributed by atoms with E-state index in [1.807, 2.05) is 0 Å². The third-order valence-corrected chi connectivity index (χ3v) is 3.45. The van der Waals surface area contributed by atoms with Crippen molar-refractivity contribution in [3.8, 4) is 0 Å². The van der Waals surface area contributed by atoms with Crippen LogP contribution in [0.4, 0.5) is 0 Å². The van der Waals surface area contributed by atoms with Gasteiger partial charge in [0.25, 0.3) is 0 Å². The van der Waals surface area contributed by atoms with E-state index in [-0.39, 0.29) is 0 Å². The molecule has 0 unspecified atom stereocenters. The van der Waals surface area contributed by atoms with E-state index in [1.54, 1.807) is 0 Å². The van der Waals surface area contributed by atoms with Gasteiger partial charge in [-0.3, -0.25) is 0 Å². The van der Waals surface area contributed by atoms with E-state index in [0.29, 0.717) is 17.7 Å². The number of ether oxygens (including phenoxy) is 1. The summed E-state index contributed by atoms with van der Waals surface area (Å²) >= 11 is 6.17. The Balaban J connectivity index is 2.38. The molecule has 0 N–H and O–H groups in total. The molecular formula is C12H17ClN2O. The summed E-state index contributed by atoms with van der Waals surface area (Å²) < 4.78 is 5.37. The number of aromatic nitrogens is 2. The topological polar surface area (TPSA) is 35.0 Å². The van der Waals surface area contributed by atoms with Crippen LogP contribution < -0.4 is 0 Å². The number of halogens is 1. The summed E-state index contributed by atoms with van der Waals surface area (Å²) in [7, 11) is 0. The molecule has 0 amide bonds. The van der Waals surface area contributed by atoms with Gasteiger partial charge in [-0.2, -0.15) is 0 Å². The molecule has 2 rings (SSSR count). The van der Waals surface area contributed by atoms with Crippen LogP contribution in [0, 0.1) is 0 Å². The van der Waals surface area contributed by atoms with E-state index >= 15 is 0 Å². The number of rotatable bonds is 3. The molecule has 0 aliphatic carbocycles. The van der Waals surface area contributed by atoms with Crippen molar-refractivity contribution < 1.29 is 4.74 Å². The molecule has 3 nitrogen and oxygen atoms in total. The summed E-state index contributed by atoms with van der Waals surface area (Å²) in [6.45, 7) is 5.61. The summed E-state index contributed by atoms with van der Waals surface area (Å²) in [5.74, 6) is 1.32. The van der Waals surface area contributed by atoms with Gasteiger partial charge in [-0.15, -0.1) is 0 Å². The summed E-state index contributed by atoms with van der Waals surface area (Å²) in [4.78, 5) is 9.04. The Morgan fingerprint density at radius 1 is 1.31 bits per heavy atom. The Morgan fingerprint density at radius 2 is 2.06 bits per heavy atom. The molecule has 0 saturated carbocycles. The molecule has 0 atom stereocenters. The molecule has 1 aliphatic rings. The smallest absolute Gasteiger partial charge is 0.138 e. The number of hydrogen-bond donors (Lipinski definition) is 0. The molecule has 4 heteroatoms. The Hall–Kier alpha value is -0.670. The SMILES string of the molecule is CCC(CC)c1nc(Cl)c2c(n1)CCOC2. The Morgan fingerprint density at radius 3 is 2.75 bits per heavy atom. The molecule has 0 aromatic carbocycles. The van der Waals surface area contributed by atoms with Crippen LogP contribution in [-0.4, -0.2) is 16.6 Å². The van der Waals surface area contributed by atoms with E-state index in [4.69, 9.17) is 16.3 Å². The molecule has 0 radical (unpaired) electrons. The average Bonchev–Trinajstić information content (AvgIpc) is 2.31. The minimum atomic E-state index is 0.422. The molecular weight excluding hydrogens is 224 g/mol. The lowest BCUT2D eigenvalue weighted by Gasteiger charge is -2.19. The zero-order valence-corrected chi connectivity index (χ0v) is 10.5. The van der Waals surface area contributed by atoms with Crippen LogP contribution in [0.2, 0.25) is 5.15 Å². The molecule has 1 aliphatic heterocycles. The molecule has 2 heterocycles. The fourth-order valence-electron chi connectivity index (χ4n) is 2.05. The van der Waals surface area contributed by atoms with Crippen LogP contribution in [0.3, 0.4) is 0 Å². The molecule has 0 fully saturated rings. The highest BCUT2D eigenvalue weighted by atomic mass is 35.5. The Bertz CT molecular complexity index is 378. The summed E-state index contributed by atoms with van der Waals surface area (Å²) in [6.07, 6.45) is 2.97. The zero-order valence-electron chi connectivity index (χ0n) is 9.79. The lowest BCUT2D eigenvalue weighted by Crippen LogP contribution is -2.16. The van der Waals surface area contributed by atoms with Gasteiger partial charge in [-0.05, 0) is 12.8 Å². The van der Waals surface area contributed by atoms with Gasteiger partial charge < -0.3 is 4.74 Å². The van der Waals surface area contributed by atoms with E-state index in [0.717, 1.165) is 43.0 Å². The maximum absolute atomic E-state index is 6.17. The second-order valence-corrected chi connectivity index (χ2v) is 4.47. The summed E-state index contributed by atoms with van der Waals surface area (Å²) in [5, 5.41) is 0.576. The van der Waals surface area contributed by atoms with Gasteiger partial charge in [0.2, 0.25) is 0 Å². The van der Waals surface area contributed by atoms with Crippen molar-refractivity contribution >= 4 is 11.6 Å². The maximum Gasteiger partial charge on any atom is 0.138 e. The zero-order chi connectivity index (χ0) is 11.5. The van der Waals surface area contributed by atoms with Crippen LogP contribution in [0.5, 0.6) is 0 Å². The highest BCUT2D eigenvalue weighted by molar-refractivity contribution is 6.30. The highest BCUT2D eigenvalue weighted by Gasteiger charge is 2.19. The molecule has 0 saturated heterocycles. The Kier molecular flexibility index (Phi) is 3.77. The van der Waals surface area contributed by atoms with Crippen molar-refractivity contribution in [1.29, 1.82) is 0 Å². The normalized spacial score (nSPS) is 15.2. The third kappa shape index (κ3) is 2.20. The van der Waals surface area contributed by atoms with Crippen molar-refractivity contribution in [3.63, 3.8) is 0 Å². The third-order valence-electron chi connectivity index (χ3n) is 3.14. The first kappa shape index (κ1) is 11.8. The molecule has 0 spiro atoms. The number of nitrogens with zero attached hydrogens (tertiary/aromatic N) is 2. The monoisotopic (exact) mass is 240 g/mol. The van der Waals surface area contributed by atoms with Crippen LogP contribution in [0.1, 0.15) is 49.7 Å². The fraction of sp³-hybridized carbons (Fsp3) is 0.667. The van der Waals surface area contributed by atoms with Gasteiger partial charge in [0.1, 0.15) is 11.0 Å². The summed E-state index contributed by atoms with van der Waals surface area (Å²) in [6, 6.07) is 0. The van der Waals surface area contributed by atoms with Crippen molar-refractivity contribution in [2.24, 2.45) is 0 Å². The Labute approximate surface area is 101 Å². The predicted octanol–water partition coefficient (Wildman–Crippen LogP) is 3.11. The van der Waals surface area contributed by atoms with Gasteiger partial charge >= 0.3 is 0 Å². The predicted molar refractivity (Wildman–Crippen MR) is 63.7 cm³/mol. The van der Waals surface area contributed by atoms with Crippen molar-refractivity contribution in [3.05, 3.63) is 22.2 Å². The number of fused-ring (bicyclic) bond motifs is 1. The summed E-state index contributed by atoms with van der Waals surface area (Å²) in [5.41, 5.74) is 2.05. The second-order valence-electron chi connectivity index (χ2n) is 4.11. The van der Waals surface area contributed by atoms with Crippen LogP contribution in [0.15, 0.2) is 0 Å². The van der Waals surface area contributed by atoms with E-state index in [9.17, 15) is 0 Å². The minimum absolute atomic E-state index is 0.422. The van der Waals surface area contributed by atoms with Gasteiger partial charge in [-0.1, -0.05) is 25.4 Å². The molecule has 0 bridgehead atoms. The van der Waals surface area contributed by atoms with Gasteiger partial charge in [0.15, 0.2) is 0 Å². The largest absolute Gasteiger partial charge is 0.376 e. The van der Waals surface area contributed by atoms with Gasteiger partial charge in [-0.25, -0.2) is 9.97 Å². The first-order valence-electron chi connectivity index (χ1n) is 5.89. The van der Waals surface area contributed by atoms with Crippen LogP contribution >= 0.6 is 11.6 Å². The molecule has 1 aromatic heterocycles.